The van der Waals surface area contributed by atoms with Crippen LogP contribution in [0.1, 0.15) is 67.6 Å². The van der Waals surface area contributed by atoms with E-state index in [-0.39, 0.29) is 30.3 Å². The smallest absolute Gasteiger partial charge is 0.280 e. The molecule has 5 aliphatic heterocycles. The maximum atomic E-state index is 14.6. The van der Waals surface area contributed by atoms with E-state index in [2.05, 4.69) is 38.3 Å². The number of aryl methyl sites for hydroxylation is 1. The lowest BCUT2D eigenvalue weighted by molar-refractivity contribution is -0.128. The Labute approximate surface area is 256 Å². The predicted octanol–water partition coefficient (Wildman–Crippen LogP) is 4.17. The maximum Gasteiger partial charge on any atom is 0.280 e. The number of anilines is 2. The van der Waals surface area contributed by atoms with Gasteiger partial charge in [0.2, 0.25) is 5.91 Å². The number of piperidine rings is 1. The number of ether oxygens (including phenoxy) is 1. The molecular formula is C32H42F3N7O2. The molecule has 7 rings (SSSR count). The van der Waals surface area contributed by atoms with E-state index in [0.717, 1.165) is 49.4 Å². The van der Waals surface area contributed by atoms with Gasteiger partial charge in [-0.2, -0.15) is 5.10 Å². The first-order valence-corrected chi connectivity index (χ1v) is 16.0. The summed E-state index contributed by atoms with van der Waals surface area (Å²) >= 11 is 0. The molecule has 1 spiro atoms. The van der Waals surface area contributed by atoms with Crippen molar-refractivity contribution in [2.75, 3.05) is 62.3 Å². The number of nitrogens with zero attached hydrogens (tertiary/aromatic N) is 7. The number of halogens is 3. The van der Waals surface area contributed by atoms with E-state index < -0.39 is 24.7 Å². The minimum absolute atomic E-state index is 0.0273. The summed E-state index contributed by atoms with van der Waals surface area (Å²) in [7, 11) is 0. The molecule has 0 aromatic carbocycles. The third-order valence-corrected chi connectivity index (χ3v) is 10.8. The number of carbonyl (C=O) groups is 1. The molecule has 2 aromatic heterocycles. The van der Waals surface area contributed by atoms with Crippen LogP contribution in [-0.2, 0) is 21.6 Å². The Kier molecular flexibility index (Phi) is 7.63. The lowest BCUT2D eigenvalue weighted by Gasteiger charge is -2.55. The summed E-state index contributed by atoms with van der Waals surface area (Å²) < 4.78 is 51.2. The minimum atomic E-state index is -2.66. The van der Waals surface area contributed by atoms with E-state index in [9.17, 15) is 18.0 Å². The first-order chi connectivity index (χ1) is 21.2. The summed E-state index contributed by atoms with van der Waals surface area (Å²) in [5, 5.41) is 4.48. The summed E-state index contributed by atoms with van der Waals surface area (Å²) in [5.74, 6) is 0.560. The molecule has 7 heterocycles. The van der Waals surface area contributed by atoms with Gasteiger partial charge >= 0.3 is 0 Å². The van der Waals surface area contributed by atoms with Gasteiger partial charge in [-0.25, -0.2) is 18.2 Å². The van der Waals surface area contributed by atoms with E-state index in [4.69, 9.17) is 4.74 Å². The van der Waals surface area contributed by atoms with Crippen LogP contribution in [-0.4, -0.2) is 101 Å². The predicted molar refractivity (Wildman–Crippen MR) is 161 cm³/mol. The van der Waals surface area contributed by atoms with Crippen LogP contribution in [0.5, 0.6) is 0 Å². The van der Waals surface area contributed by atoms with Crippen LogP contribution >= 0.6 is 0 Å². The van der Waals surface area contributed by atoms with Gasteiger partial charge in [0, 0.05) is 81.1 Å². The molecule has 0 saturated carbocycles. The maximum absolute atomic E-state index is 14.6. The van der Waals surface area contributed by atoms with Gasteiger partial charge in [-0.3, -0.25) is 14.4 Å². The molecule has 5 atom stereocenters. The molecule has 9 nitrogen and oxygen atoms in total. The number of amides is 1. The number of alkyl halides is 3. The highest BCUT2D eigenvalue weighted by Crippen LogP contribution is 2.47. The Morgan fingerprint density at radius 3 is 2.70 bits per heavy atom. The fourth-order valence-electron chi connectivity index (χ4n) is 8.50. The Balaban J connectivity index is 1.13. The zero-order valence-corrected chi connectivity index (χ0v) is 25.6. The third-order valence-electron chi connectivity index (χ3n) is 10.8. The molecule has 2 aromatic rings. The third kappa shape index (κ3) is 4.71. The van der Waals surface area contributed by atoms with Gasteiger partial charge in [-0.05, 0) is 51.2 Å². The normalized spacial score (nSPS) is 30.5. The van der Waals surface area contributed by atoms with E-state index in [1.54, 1.807) is 10.9 Å². The van der Waals surface area contributed by atoms with E-state index >= 15 is 0 Å². The second-order valence-electron chi connectivity index (χ2n) is 13.1. The molecule has 1 unspecified atom stereocenters. The summed E-state index contributed by atoms with van der Waals surface area (Å²) in [5.41, 5.74) is 2.81. The average molecular weight is 614 g/mol. The van der Waals surface area contributed by atoms with Gasteiger partial charge in [-0.15, -0.1) is 0 Å². The van der Waals surface area contributed by atoms with Gasteiger partial charge in [0.25, 0.3) is 6.43 Å². The van der Waals surface area contributed by atoms with Crippen LogP contribution in [0.25, 0.3) is 0 Å². The van der Waals surface area contributed by atoms with Crippen molar-refractivity contribution in [2.45, 2.75) is 82.1 Å². The number of aromatic nitrogens is 3. The number of carbonyl (C=O) groups excluding carboxylic acids is 1. The fraction of sp³-hybridized carbons (Fsp3) is 0.656. The van der Waals surface area contributed by atoms with Crippen molar-refractivity contribution in [3.63, 3.8) is 0 Å². The minimum Gasteiger partial charge on any atom is -0.366 e. The van der Waals surface area contributed by atoms with Crippen LogP contribution < -0.4 is 9.80 Å². The molecule has 44 heavy (non-hydrogen) atoms. The van der Waals surface area contributed by atoms with Crippen LogP contribution in [0.4, 0.5) is 24.7 Å². The molecule has 238 valence electrons. The zero-order chi connectivity index (χ0) is 30.7. The largest absolute Gasteiger partial charge is 0.366 e. The van der Waals surface area contributed by atoms with Crippen molar-refractivity contribution in [1.29, 1.82) is 0 Å². The number of pyridine rings is 1. The van der Waals surface area contributed by atoms with E-state index in [1.807, 2.05) is 17.9 Å². The highest BCUT2D eigenvalue weighted by molar-refractivity contribution is 5.87. The second kappa shape index (κ2) is 11.3. The first-order valence-electron chi connectivity index (χ1n) is 16.0. The number of hydrogen-bond acceptors (Lipinski definition) is 7. The number of piperazine rings is 1. The van der Waals surface area contributed by atoms with Crippen LogP contribution in [0, 0.1) is 6.92 Å². The Bertz CT molecular complexity index is 1430. The summed E-state index contributed by atoms with van der Waals surface area (Å²) in [4.78, 5) is 25.5. The van der Waals surface area contributed by atoms with Crippen molar-refractivity contribution in [1.82, 2.24) is 24.6 Å². The monoisotopic (exact) mass is 613 g/mol. The van der Waals surface area contributed by atoms with Crippen LogP contribution in [0.3, 0.4) is 0 Å². The number of hydrogen-bond donors (Lipinski definition) is 0. The Hall–Kier alpha value is -3.12. The van der Waals surface area contributed by atoms with Crippen molar-refractivity contribution in [3.05, 3.63) is 47.4 Å². The van der Waals surface area contributed by atoms with Gasteiger partial charge in [0.15, 0.2) is 0 Å². The first kappa shape index (κ1) is 29.6. The highest BCUT2D eigenvalue weighted by Gasteiger charge is 2.49. The van der Waals surface area contributed by atoms with Gasteiger partial charge in [-0.1, -0.05) is 6.58 Å². The molecule has 1 amide bonds. The van der Waals surface area contributed by atoms with Crippen molar-refractivity contribution < 1.29 is 22.7 Å². The molecule has 5 aliphatic rings. The Morgan fingerprint density at radius 2 is 2.00 bits per heavy atom. The van der Waals surface area contributed by atoms with E-state index in [1.165, 1.54) is 6.08 Å². The van der Waals surface area contributed by atoms with Crippen molar-refractivity contribution >= 4 is 17.4 Å². The van der Waals surface area contributed by atoms with Gasteiger partial charge in [0.1, 0.15) is 29.8 Å². The topological polar surface area (TPSA) is 70.0 Å². The highest BCUT2D eigenvalue weighted by atomic mass is 19.3. The van der Waals surface area contributed by atoms with Crippen molar-refractivity contribution in [3.8, 4) is 0 Å². The standard InChI is InChI=1S/C32H42F3N7O2/c1-4-28(43)39-12-10-38(11-13-39)26-18-41-24(26)7-5-6-23-25(41)14-27(37-29(23)31(34)35)40-9-8-32(15-21(40)3)30-20(2)17-36-42(30)22(16-33)19-44-32/h4,14,17,21-22,24,26,31H,1,5-13,15-16,18-19H2,2-3H3/t21-,22-,24+,26?,32-/m1/s1. The molecule has 3 fully saturated rings. The Morgan fingerprint density at radius 1 is 1.20 bits per heavy atom. The second-order valence-corrected chi connectivity index (χ2v) is 13.1. The molecule has 12 heteroatoms. The summed E-state index contributed by atoms with van der Waals surface area (Å²) in [6.07, 6.45) is 4.15. The lowest BCUT2D eigenvalue weighted by Crippen LogP contribution is -2.69. The lowest BCUT2D eigenvalue weighted by atomic mass is 9.81. The van der Waals surface area contributed by atoms with E-state index in [0.29, 0.717) is 56.3 Å². The SMILES string of the molecule is C=CC(=O)N1CCN(C2CN3c4cc(N5CC[C@]6(C[C@H]5C)OC[C@@H](CF)n5ncc(C)c56)nc(C(F)F)c4CCC[C@@H]23)CC1. The number of fused-ring (bicyclic) bond motifs is 5. The summed E-state index contributed by atoms with van der Waals surface area (Å²) in [6, 6.07) is 2.17. The molecule has 0 radical (unpaired) electrons. The van der Waals surface area contributed by atoms with Crippen LogP contribution in [0.2, 0.25) is 0 Å². The average Bonchev–Trinajstić information content (AvgIpc) is 3.35. The van der Waals surface area contributed by atoms with Gasteiger partial charge < -0.3 is 19.4 Å². The van der Waals surface area contributed by atoms with Crippen LogP contribution in [0.15, 0.2) is 24.9 Å². The fourth-order valence-corrected chi connectivity index (χ4v) is 8.50. The summed E-state index contributed by atoms with van der Waals surface area (Å²) in [6.45, 7) is 11.8. The van der Waals surface area contributed by atoms with Crippen molar-refractivity contribution in [2.24, 2.45) is 0 Å². The molecular weight excluding hydrogens is 571 g/mol. The van der Waals surface area contributed by atoms with Gasteiger partial charge in [0.05, 0.1) is 18.5 Å². The zero-order valence-electron chi connectivity index (χ0n) is 25.6. The molecule has 0 bridgehead atoms. The molecule has 0 aliphatic carbocycles. The molecule has 3 saturated heterocycles. The quantitative estimate of drug-likeness (QED) is 0.469. The number of rotatable bonds is 5. The molecule has 0 N–H and O–H groups in total.